The molecule has 0 amide bonds. The number of hydrogen-bond acceptors (Lipinski definition) is 2. The van der Waals surface area contributed by atoms with Crippen LogP contribution in [-0.4, -0.2) is 16.8 Å². The zero-order valence-corrected chi connectivity index (χ0v) is 10.9. The molecule has 0 radical (unpaired) electrons. The lowest BCUT2D eigenvalue weighted by Gasteiger charge is -2.18. The molecule has 0 bridgehead atoms. The summed E-state index contributed by atoms with van der Waals surface area (Å²) in [6, 6.07) is 8.63. The number of nitrogens with zero attached hydrogens (tertiary/aromatic N) is 2. The minimum absolute atomic E-state index is 0.163. The minimum atomic E-state index is 0.163. The van der Waals surface area contributed by atoms with Crippen molar-refractivity contribution < 1.29 is 0 Å². The van der Waals surface area contributed by atoms with E-state index in [1.807, 2.05) is 25.0 Å². The smallest absolute Gasteiger partial charge is 0.0839 e. The van der Waals surface area contributed by atoms with E-state index in [0.29, 0.717) is 0 Å². The Hall–Kier alpha value is -1.61. The molecule has 3 heteroatoms. The Morgan fingerprint density at radius 1 is 1.24 bits per heavy atom. The summed E-state index contributed by atoms with van der Waals surface area (Å²) in [5, 5.41) is 7.82. The van der Waals surface area contributed by atoms with Gasteiger partial charge in [0, 0.05) is 13.2 Å². The Kier molecular flexibility index (Phi) is 3.29. The van der Waals surface area contributed by atoms with Crippen molar-refractivity contribution >= 4 is 0 Å². The topological polar surface area (TPSA) is 29.9 Å². The number of benzene rings is 1. The number of nitrogens with one attached hydrogen (secondary N) is 1. The Morgan fingerprint density at radius 3 is 2.59 bits per heavy atom. The van der Waals surface area contributed by atoms with Gasteiger partial charge in [0.15, 0.2) is 0 Å². The monoisotopic (exact) mass is 229 g/mol. The van der Waals surface area contributed by atoms with Crippen molar-refractivity contribution in [1.29, 1.82) is 0 Å². The van der Waals surface area contributed by atoms with Gasteiger partial charge in [0.1, 0.15) is 0 Å². The fourth-order valence-electron chi connectivity index (χ4n) is 2.14. The fraction of sp³-hybridized carbons (Fsp3) is 0.357. The molecule has 1 N–H and O–H groups in total. The highest BCUT2D eigenvalue weighted by Gasteiger charge is 2.16. The molecule has 1 aromatic heterocycles. The van der Waals surface area contributed by atoms with Crippen LogP contribution < -0.4 is 5.32 Å². The van der Waals surface area contributed by atoms with Gasteiger partial charge in [0.2, 0.25) is 0 Å². The van der Waals surface area contributed by atoms with Crippen LogP contribution in [0.15, 0.2) is 30.5 Å². The molecular weight excluding hydrogens is 210 g/mol. The first-order valence-corrected chi connectivity index (χ1v) is 5.86. The van der Waals surface area contributed by atoms with E-state index in [4.69, 9.17) is 0 Å². The Balaban J connectivity index is 2.45. The molecule has 0 spiro atoms. The molecule has 1 atom stereocenters. The first kappa shape index (κ1) is 11.9. The van der Waals surface area contributed by atoms with Crippen molar-refractivity contribution in [3.8, 4) is 0 Å². The SMILES string of the molecule is CNC(c1ccn(C)n1)c1cccc(C)c1C. The van der Waals surface area contributed by atoms with Crippen LogP contribution in [0.5, 0.6) is 0 Å². The predicted molar refractivity (Wildman–Crippen MR) is 70.0 cm³/mol. The lowest BCUT2D eigenvalue weighted by molar-refractivity contribution is 0.639. The van der Waals surface area contributed by atoms with Gasteiger partial charge in [-0.05, 0) is 43.7 Å². The van der Waals surface area contributed by atoms with Gasteiger partial charge in [-0.2, -0.15) is 5.10 Å². The number of aryl methyl sites for hydroxylation is 2. The van der Waals surface area contributed by atoms with Crippen LogP contribution >= 0.6 is 0 Å². The van der Waals surface area contributed by atoms with Gasteiger partial charge >= 0.3 is 0 Å². The molecule has 2 rings (SSSR count). The van der Waals surface area contributed by atoms with Crippen LogP contribution in [0.3, 0.4) is 0 Å². The standard InChI is InChI=1S/C14H19N3/c1-10-6-5-7-12(11(10)2)14(15-3)13-8-9-17(4)16-13/h5-9,14-15H,1-4H3. The Bertz CT molecular complexity index is 514. The van der Waals surface area contributed by atoms with Gasteiger partial charge in [0.25, 0.3) is 0 Å². The second-order valence-electron chi connectivity index (χ2n) is 4.43. The van der Waals surface area contributed by atoms with Crippen molar-refractivity contribution in [2.45, 2.75) is 19.9 Å². The molecule has 1 unspecified atom stereocenters. The van der Waals surface area contributed by atoms with Crippen LogP contribution in [0, 0.1) is 13.8 Å². The summed E-state index contributed by atoms with van der Waals surface area (Å²) in [6.45, 7) is 4.31. The van der Waals surface area contributed by atoms with E-state index in [1.54, 1.807) is 0 Å². The molecule has 0 aliphatic carbocycles. The molecule has 1 aromatic carbocycles. The summed E-state index contributed by atoms with van der Waals surface area (Å²) in [5.74, 6) is 0. The Morgan fingerprint density at radius 2 is 2.00 bits per heavy atom. The molecule has 2 aromatic rings. The highest BCUT2D eigenvalue weighted by atomic mass is 15.3. The van der Waals surface area contributed by atoms with E-state index in [9.17, 15) is 0 Å². The largest absolute Gasteiger partial charge is 0.308 e. The highest BCUT2D eigenvalue weighted by Crippen LogP contribution is 2.24. The van der Waals surface area contributed by atoms with Crippen molar-refractivity contribution in [2.24, 2.45) is 7.05 Å². The summed E-state index contributed by atoms with van der Waals surface area (Å²) >= 11 is 0. The van der Waals surface area contributed by atoms with Crippen molar-refractivity contribution in [1.82, 2.24) is 15.1 Å². The average Bonchev–Trinajstić information content (AvgIpc) is 2.72. The van der Waals surface area contributed by atoms with Crippen molar-refractivity contribution in [3.63, 3.8) is 0 Å². The maximum absolute atomic E-state index is 4.48. The van der Waals surface area contributed by atoms with Gasteiger partial charge in [-0.1, -0.05) is 18.2 Å². The van der Waals surface area contributed by atoms with Gasteiger partial charge in [-0.3, -0.25) is 4.68 Å². The fourth-order valence-corrected chi connectivity index (χ4v) is 2.14. The second-order valence-corrected chi connectivity index (χ2v) is 4.43. The Labute approximate surface area is 102 Å². The maximum Gasteiger partial charge on any atom is 0.0839 e. The van der Waals surface area contributed by atoms with Crippen molar-refractivity contribution in [3.05, 3.63) is 52.8 Å². The van der Waals surface area contributed by atoms with E-state index in [0.717, 1.165) is 5.69 Å². The zero-order valence-electron chi connectivity index (χ0n) is 10.9. The maximum atomic E-state index is 4.48. The molecular formula is C14H19N3. The van der Waals surface area contributed by atoms with Crippen LogP contribution in [0.1, 0.15) is 28.4 Å². The molecule has 1 heterocycles. The lowest BCUT2D eigenvalue weighted by Crippen LogP contribution is -2.19. The molecule has 0 saturated carbocycles. The summed E-state index contributed by atoms with van der Waals surface area (Å²) in [7, 11) is 3.92. The van der Waals surface area contributed by atoms with Crippen LogP contribution in [0.4, 0.5) is 0 Å². The minimum Gasteiger partial charge on any atom is -0.308 e. The number of aromatic nitrogens is 2. The van der Waals surface area contributed by atoms with Gasteiger partial charge in [-0.15, -0.1) is 0 Å². The lowest BCUT2D eigenvalue weighted by atomic mass is 9.96. The molecule has 0 aliphatic heterocycles. The van der Waals surface area contributed by atoms with E-state index in [2.05, 4.69) is 48.5 Å². The van der Waals surface area contributed by atoms with Crippen LogP contribution in [0.25, 0.3) is 0 Å². The molecule has 0 aliphatic rings. The van der Waals surface area contributed by atoms with Gasteiger partial charge in [-0.25, -0.2) is 0 Å². The third-order valence-corrected chi connectivity index (χ3v) is 3.28. The van der Waals surface area contributed by atoms with Gasteiger partial charge in [0.05, 0.1) is 11.7 Å². The summed E-state index contributed by atoms with van der Waals surface area (Å²) in [6.07, 6.45) is 1.98. The zero-order chi connectivity index (χ0) is 12.4. The third-order valence-electron chi connectivity index (χ3n) is 3.28. The number of rotatable bonds is 3. The first-order valence-electron chi connectivity index (χ1n) is 5.86. The average molecular weight is 229 g/mol. The second kappa shape index (κ2) is 4.72. The van der Waals surface area contributed by atoms with E-state index >= 15 is 0 Å². The first-order chi connectivity index (χ1) is 8.13. The molecule has 90 valence electrons. The highest BCUT2D eigenvalue weighted by molar-refractivity contribution is 5.38. The van der Waals surface area contributed by atoms with Crippen LogP contribution in [-0.2, 0) is 7.05 Å². The van der Waals surface area contributed by atoms with E-state index in [-0.39, 0.29) is 6.04 Å². The predicted octanol–water partition coefficient (Wildman–Crippen LogP) is 2.35. The number of hydrogen-bond donors (Lipinski definition) is 1. The molecule has 17 heavy (non-hydrogen) atoms. The summed E-state index contributed by atoms with van der Waals surface area (Å²) in [4.78, 5) is 0. The summed E-state index contributed by atoms with van der Waals surface area (Å²) < 4.78 is 1.84. The van der Waals surface area contributed by atoms with E-state index in [1.165, 1.54) is 16.7 Å². The van der Waals surface area contributed by atoms with Gasteiger partial charge < -0.3 is 5.32 Å². The third kappa shape index (κ3) is 2.24. The quantitative estimate of drug-likeness (QED) is 0.875. The molecule has 0 fully saturated rings. The van der Waals surface area contributed by atoms with Crippen molar-refractivity contribution in [2.75, 3.05) is 7.05 Å². The normalized spacial score (nSPS) is 12.7. The molecule has 3 nitrogen and oxygen atoms in total. The molecule has 0 saturated heterocycles. The van der Waals surface area contributed by atoms with Crippen LogP contribution in [0.2, 0.25) is 0 Å². The van der Waals surface area contributed by atoms with E-state index < -0.39 is 0 Å². The summed E-state index contributed by atoms with van der Waals surface area (Å²) in [5.41, 5.74) is 5.01.